The molecule has 2 N–H and O–H groups in total. The van der Waals surface area contributed by atoms with Crippen molar-refractivity contribution in [2.45, 2.75) is 0 Å². The quantitative estimate of drug-likeness (QED) is 0.463. The monoisotopic (exact) mass is 379 g/mol. The topological polar surface area (TPSA) is 53.7 Å². The zero-order chi connectivity index (χ0) is 19.1. The van der Waals surface area contributed by atoms with Crippen LogP contribution in [0.5, 0.6) is 17.2 Å². The van der Waals surface area contributed by atoms with Crippen molar-refractivity contribution in [2.24, 2.45) is 5.73 Å². The van der Waals surface area contributed by atoms with E-state index in [1.165, 1.54) is 0 Å². The van der Waals surface area contributed by atoms with Crippen LogP contribution in [0.4, 0.5) is 0 Å². The third-order valence-corrected chi connectivity index (χ3v) is 4.25. The summed E-state index contributed by atoms with van der Waals surface area (Å²) in [7, 11) is 1.59. The van der Waals surface area contributed by atoms with E-state index in [0.717, 1.165) is 22.4 Å². The lowest BCUT2D eigenvalue weighted by atomic mass is 10.1. The van der Waals surface area contributed by atoms with Crippen molar-refractivity contribution >= 4 is 17.2 Å². The fourth-order valence-corrected chi connectivity index (χ4v) is 2.82. The predicted octanol–water partition coefficient (Wildman–Crippen LogP) is 4.45. The zero-order valence-electron chi connectivity index (χ0n) is 15.1. The van der Waals surface area contributed by atoms with E-state index in [1.807, 2.05) is 42.5 Å². The minimum Gasteiger partial charge on any atom is -0.493 e. The Labute approximate surface area is 164 Å². The van der Waals surface area contributed by atoms with Gasteiger partial charge in [0.25, 0.3) is 0 Å². The van der Waals surface area contributed by atoms with Crippen LogP contribution in [0, 0.1) is 0 Å². The number of rotatable bonds is 8. The second-order valence-electron chi connectivity index (χ2n) is 5.79. The third-order valence-electron chi connectivity index (χ3n) is 4.02. The summed E-state index contributed by atoms with van der Waals surface area (Å²) in [5.41, 5.74) is 8.58. The lowest BCUT2D eigenvalue weighted by molar-refractivity contribution is 0.212. The molecule has 0 aliphatic carbocycles. The van der Waals surface area contributed by atoms with E-state index in [0.29, 0.717) is 29.7 Å². The number of nitrogens with two attached hydrogens (primary N) is 1. The van der Waals surface area contributed by atoms with Gasteiger partial charge in [0.05, 0.1) is 7.11 Å². The number of hydrogen-bond acceptors (Lipinski definition) is 4. The van der Waals surface area contributed by atoms with Gasteiger partial charge in [-0.05, 0) is 29.8 Å². The molecule has 0 saturated carbocycles. The summed E-state index contributed by atoms with van der Waals surface area (Å²) < 4.78 is 17.1. The standard InChI is InChI=1S/C22H21NO3S/c1-24-20-12-11-17(22(23)27)15-21(20)26-14-13-25-19-10-6-5-9-18(19)16-7-3-2-4-8-16/h2-12,15H,13-14H2,1H3,(H2,23,27). The van der Waals surface area contributed by atoms with E-state index in [2.05, 4.69) is 12.1 Å². The predicted molar refractivity (Wildman–Crippen MR) is 112 cm³/mol. The molecule has 0 aromatic heterocycles. The molecule has 3 aromatic carbocycles. The molecule has 138 valence electrons. The molecule has 4 nitrogen and oxygen atoms in total. The molecule has 0 bridgehead atoms. The molecule has 0 fully saturated rings. The summed E-state index contributed by atoms with van der Waals surface area (Å²) in [6.07, 6.45) is 0. The second-order valence-corrected chi connectivity index (χ2v) is 6.23. The summed E-state index contributed by atoms with van der Waals surface area (Å²) in [6, 6.07) is 23.5. The molecule has 0 saturated heterocycles. The fraction of sp³-hybridized carbons (Fsp3) is 0.136. The Kier molecular flexibility index (Phi) is 6.28. The molecular formula is C22H21NO3S. The Morgan fingerprint density at radius 3 is 2.19 bits per heavy atom. The van der Waals surface area contributed by atoms with Crippen molar-refractivity contribution in [3.8, 4) is 28.4 Å². The molecule has 27 heavy (non-hydrogen) atoms. The van der Waals surface area contributed by atoms with E-state index in [4.69, 9.17) is 32.2 Å². The smallest absolute Gasteiger partial charge is 0.162 e. The van der Waals surface area contributed by atoms with Crippen LogP contribution >= 0.6 is 12.2 Å². The number of methoxy groups -OCH3 is 1. The first-order chi connectivity index (χ1) is 13.2. The number of ether oxygens (including phenoxy) is 3. The summed E-state index contributed by atoms with van der Waals surface area (Å²) in [6.45, 7) is 0.755. The van der Waals surface area contributed by atoms with Crippen molar-refractivity contribution in [3.63, 3.8) is 0 Å². The van der Waals surface area contributed by atoms with Crippen LogP contribution < -0.4 is 19.9 Å². The van der Waals surface area contributed by atoms with Crippen LogP contribution in [0.3, 0.4) is 0 Å². The molecule has 0 unspecified atom stereocenters. The molecule has 3 aromatic rings. The van der Waals surface area contributed by atoms with E-state index in [1.54, 1.807) is 25.3 Å². The highest BCUT2D eigenvalue weighted by atomic mass is 32.1. The number of hydrogen-bond donors (Lipinski definition) is 1. The largest absolute Gasteiger partial charge is 0.493 e. The van der Waals surface area contributed by atoms with Gasteiger partial charge in [-0.3, -0.25) is 0 Å². The van der Waals surface area contributed by atoms with Gasteiger partial charge in [-0.1, -0.05) is 60.7 Å². The Morgan fingerprint density at radius 2 is 1.48 bits per heavy atom. The highest BCUT2D eigenvalue weighted by Gasteiger charge is 2.09. The van der Waals surface area contributed by atoms with Gasteiger partial charge in [0, 0.05) is 11.1 Å². The maximum absolute atomic E-state index is 5.95. The van der Waals surface area contributed by atoms with Crippen molar-refractivity contribution in [2.75, 3.05) is 20.3 Å². The first kappa shape index (κ1) is 18.7. The van der Waals surface area contributed by atoms with Crippen molar-refractivity contribution in [1.82, 2.24) is 0 Å². The molecule has 0 heterocycles. The highest BCUT2D eigenvalue weighted by Crippen LogP contribution is 2.30. The first-order valence-electron chi connectivity index (χ1n) is 8.57. The van der Waals surface area contributed by atoms with Crippen molar-refractivity contribution in [1.29, 1.82) is 0 Å². The van der Waals surface area contributed by atoms with E-state index in [9.17, 15) is 0 Å². The molecule has 0 spiro atoms. The average molecular weight is 379 g/mol. The number of para-hydroxylation sites is 1. The molecule has 5 heteroatoms. The Balaban J connectivity index is 1.65. The van der Waals surface area contributed by atoms with Crippen LogP contribution in [0.1, 0.15) is 5.56 Å². The third kappa shape index (κ3) is 4.77. The van der Waals surface area contributed by atoms with Crippen molar-refractivity contribution < 1.29 is 14.2 Å². The van der Waals surface area contributed by atoms with E-state index < -0.39 is 0 Å². The number of benzene rings is 3. The molecule has 0 atom stereocenters. The van der Waals surface area contributed by atoms with Gasteiger partial charge in [-0.25, -0.2) is 0 Å². The fourth-order valence-electron chi connectivity index (χ4n) is 2.69. The van der Waals surface area contributed by atoms with Crippen LogP contribution in [-0.4, -0.2) is 25.3 Å². The van der Waals surface area contributed by atoms with Crippen LogP contribution in [0.15, 0.2) is 72.8 Å². The molecule has 0 amide bonds. The Bertz CT molecular complexity index is 912. The van der Waals surface area contributed by atoms with E-state index >= 15 is 0 Å². The van der Waals surface area contributed by atoms with Gasteiger partial charge < -0.3 is 19.9 Å². The van der Waals surface area contributed by atoms with Crippen molar-refractivity contribution in [3.05, 3.63) is 78.4 Å². The summed E-state index contributed by atoms with van der Waals surface area (Å²) in [5.74, 6) is 2.03. The van der Waals surface area contributed by atoms with Crippen LogP contribution in [-0.2, 0) is 0 Å². The van der Waals surface area contributed by atoms with Gasteiger partial charge in [-0.15, -0.1) is 0 Å². The Hall–Kier alpha value is -3.05. The Morgan fingerprint density at radius 1 is 0.815 bits per heavy atom. The second kappa shape index (κ2) is 9.05. The highest BCUT2D eigenvalue weighted by molar-refractivity contribution is 7.80. The van der Waals surface area contributed by atoms with Gasteiger partial charge in [0.2, 0.25) is 0 Å². The van der Waals surface area contributed by atoms with Gasteiger partial charge >= 0.3 is 0 Å². The zero-order valence-corrected chi connectivity index (χ0v) is 15.9. The molecular weight excluding hydrogens is 358 g/mol. The van der Waals surface area contributed by atoms with Crippen LogP contribution in [0.2, 0.25) is 0 Å². The van der Waals surface area contributed by atoms with Gasteiger partial charge in [0.15, 0.2) is 11.5 Å². The minimum atomic E-state index is 0.315. The SMILES string of the molecule is COc1ccc(C(N)=S)cc1OCCOc1ccccc1-c1ccccc1. The maximum Gasteiger partial charge on any atom is 0.162 e. The number of thiocarbonyl (C=S) groups is 1. The van der Waals surface area contributed by atoms with E-state index in [-0.39, 0.29) is 0 Å². The lowest BCUT2D eigenvalue weighted by Crippen LogP contribution is -2.12. The summed E-state index contributed by atoms with van der Waals surface area (Å²) >= 11 is 5.02. The summed E-state index contributed by atoms with van der Waals surface area (Å²) in [5, 5.41) is 0. The normalized spacial score (nSPS) is 10.3. The van der Waals surface area contributed by atoms with Gasteiger partial charge in [0.1, 0.15) is 24.0 Å². The summed E-state index contributed by atoms with van der Waals surface area (Å²) in [4.78, 5) is 0.315. The van der Waals surface area contributed by atoms with Crippen LogP contribution in [0.25, 0.3) is 11.1 Å². The lowest BCUT2D eigenvalue weighted by Gasteiger charge is -2.14. The molecule has 0 radical (unpaired) electrons. The van der Waals surface area contributed by atoms with Gasteiger partial charge in [-0.2, -0.15) is 0 Å². The first-order valence-corrected chi connectivity index (χ1v) is 8.98. The molecule has 0 aliphatic rings. The average Bonchev–Trinajstić information content (AvgIpc) is 2.72. The maximum atomic E-state index is 5.95. The molecule has 0 aliphatic heterocycles. The minimum absolute atomic E-state index is 0.315. The molecule has 3 rings (SSSR count).